The first-order valence-electron chi connectivity index (χ1n) is 6.73. The van der Waals surface area contributed by atoms with Gasteiger partial charge in [-0.25, -0.2) is 0 Å². The molecule has 0 aliphatic carbocycles. The molecule has 0 aliphatic rings. The fraction of sp³-hybridized carbons (Fsp3) is 0.235. The van der Waals surface area contributed by atoms with Crippen LogP contribution < -0.4 is 10.1 Å². The monoisotopic (exact) mass is 266 g/mol. The molecule has 0 saturated carbocycles. The molecule has 1 N–H and O–H groups in total. The molecule has 20 heavy (non-hydrogen) atoms. The Kier molecular flexibility index (Phi) is 5.16. The molecule has 0 fully saturated rings. The fourth-order valence-electron chi connectivity index (χ4n) is 1.98. The zero-order valence-electron chi connectivity index (χ0n) is 11.5. The zero-order valence-corrected chi connectivity index (χ0v) is 11.5. The van der Waals surface area contributed by atoms with Crippen molar-refractivity contribution in [1.29, 1.82) is 5.26 Å². The molecular weight excluding hydrogens is 248 g/mol. The van der Waals surface area contributed by atoms with Crippen LogP contribution in [0.25, 0.3) is 0 Å². The number of benzene rings is 2. The first kappa shape index (κ1) is 14.1. The Morgan fingerprint density at radius 2 is 1.80 bits per heavy atom. The van der Waals surface area contributed by atoms with Gasteiger partial charge in [-0.05, 0) is 30.2 Å². The van der Waals surface area contributed by atoms with Gasteiger partial charge in [0.15, 0.2) is 0 Å². The van der Waals surface area contributed by atoms with E-state index in [4.69, 9.17) is 4.74 Å². The number of nitrogens with zero attached hydrogens (tertiary/aromatic N) is 1. The van der Waals surface area contributed by atoms with Crippen molar-refractivity contribution in [3.63, 3.8) is 0 Å². The van der Waals surface area contributed by atoms with Crippen molar-refractivity contribution >= 4 is 0 Å². The molecule has 0 bridgehead atoms. The van der Waals surface area contributed by atoms with Crippen LogP contribution in [0.1, 0.15) is 24.1 Å². The highest BCUT2D eigenvalue weighted by Gasteiger charge is 2.09. The van der Waals surface area contributed by atoms with Crippen LogP contribution in [0.2, 0.25) is 0 Å². The summed E-state index contributed by atoms with van der Waals surface area (Å²) in [6.07, 6.45) is 0. The number of hydrogen-bond acceptors (Lipinski definition) is 3. The van der Waals surface area contributed by atoms with Crippen molar-refractivity contribution < 1.29 is 4.74 Å². The maximum atomic E-state index is 9.29. The fourth-order valence-corrected chi connectivity index (χ4v) is 1.98. The van der Waals surface area contributed by atoms with Gasteiger partial charge in [0.1, 0.15) is 11.8 Å². The van der Waals surface area contributed by atoms with Gasteiger partial charge in [-0.3, -0.25) is 5.32 Å². The quantitative estimate of drug-likeness (QED) is 0.871. The van der Waals surface area contributed by atoms with Gasteiger partial charge in [-0.2, -0.15) is 5.26 Å². The van der Waals surface area contributed by atoms with Crippen LogP contribution in [0, 0.1) is 11.3 Å². The van der Waals surface area contributed by atoms with Gasteiger partial charge in [-0.15, -0.1) is 0 Å². The van der Waals surface area contributed by atoms with Gasteiger partial charge in [-0.1, -0.05) is 42.5 Å². The molecule has 0 heterocycles. The summed E-state index contributed by atoms with van der Waals surface area (Å²) in [5, 5.41) is 12.5. The minimum atomic E-state index is -0.314. The summed E-state index contributed by atoms with van der Waals surface area (Å²) in [5.74, 6) is 0.830. The molecule has 2 aromatic rings. The van der Waals surface area contributed by atoms with E-state index in [1.807, 2.05) is 61.5 Å². The smallest absolute Gasteiger partial charge is 0.121 e. The topological polar surface area (TPSA) is 45.0 Å². The Hall–Kier alpha value is -2.31. The summed E-state index contributed by atoms with van der Waals surface area (Å²) >= 11 is 0. The van der Waals surface area contributed by atoms with Crippen LogP contribution in [0.4, 0.5) is 0 Å². The lowest BCUT2D eigenvalue weighted by molar-refractivity contribution is 0.340. The number of rotatable bonds is 6. The third-order valence-electron chi connectivity index (χ3n) is 3.01. The molecule has 0 aromatic heterocycles. The second-order valence-corrected chi connectivity index (χ2v) is 4.43. The first-order chi connectivity index (χ1) is 9.83. The molecule has 0 radical (unpaired) electrons. The van der Waals surface area contributed by atoms with Crippen LogP contribution in [-0.4, -0.2) is 6.61 Å². The van der Waals surface area contributed by atoms with Crippen LogP contribution in [0.5, 0.6) is 5.75 Å². The third kappa shape index (κ3) is 3.84. The Morgan fingerprint density at radius 1 is 1.10 bits per heavy atom. The summed E-state index contributed by atoms with van der Waals surface area (Å²) in [7, 11) is 0. The second kappa shape index (κ2) is 7.32. The van der Waals surface area contributed by atoms with Crippen LogP contribution in [0.15, 0.2) is 54.6 Å². The van der Waals surface area contributed by atoms with Crippen molar-refractivity contribution in [3.8, 4) is 11.8 Å². The predicted molar refractivity (Wildman–Crippen MR) is 79.2 cm³/mol. The summed E-state index contributed by atoms with van der Waals surface area (Å²) in [4.78, 5) is 0. The first-order valence-corrected chi connectivity index (χ1v) is 6.73. The summed E-state index contributed by atoms with van der Waals surface area (Å²) in [6.45, 7) is 3.27. The van der Waals surface area contributed by atoms with Gasteiger partial charge >= 0.3 is 0 Å². The van der Waals surface area contributed by atoms with E-state index in [9.17, 15) is 5.26 Å². The Labute approximate surface area is 119 Å². The van der Waals surface area contributed by atoms with E-state index >= 15 is 0 Å². The lowest BCUT2D eigenvalue weighted by atomic mass is 10.1. The average molecular weight is 266 g/mol. The van der Waals surface area contributed by atoms with E-state index < -0.39 is 0 Å². The van der Waals surface area contributed by atoms with Gasteiger partial charge in [0.2, 0.25) is 0 Å². The van der Waals surface area contributed by atoms with Crippen molar-refractivity contribution in [2.75, 3.05) is 6.61 Å². The minimum Gasteiger partial charge on any atom is -0.494 e. The van der Waals surface area contributed by atoms with Crippen molar-refractivity contribution in [3.05, 3.63) is 65.7 Å². The standard InChI is InChI=1S/C17H18N2O/c1-2-20-16-10-8-15(9-11-16)17(12-18)19-13-14-6-4-3-5-7-14/h3-11,17,19H,2,13H2,1H3. The Bertz CT molecular complexity index is 558. The van der Waals surface area contributed by atoms with Gasteiger partial charge in [0.25, 0.3) is 0 Å². The second-order valence-electron chi connectivity index (χ2n) is 4.43. The molecule has 0 saturated heterocycles. The SMILES string of the molecule is CCOc1ccc(C(C#N)NCc2ccccc2)cc1. The normalized spacial score (nSPS) is 11.6. The van der Waals surface area contributed by atoms with Gasteiger partial charge in [0, 0.05) is 6.54 Å². The van der Waals surface area contributed by atoms with Gasteiger partial charge < -0.3 is 4.74 Å². The maximum Gasteiger partial charge on any atom is 0.121 e. The number of nitriles is 1. The highest BCUT2D eigenvalue weighted by atomic mass is 16.5. The lowest BCUT2D eigenvalue weighted by Crippen LogP contribution is -2.19. The largest absolute Gasteiger partial charge is 0.494 e. The molecule has 0 amide bonds. The molecule has 3 nitrogen and oxygen atoms in total. The molecule has 1 atom stereocenters. The minimum absolute atomic E-state index is 0.314. The summed E-state index contributed by atoms with van der Waals surface area (Å²) < 4.78 is 5.40. The molecule has 0 aliphatic heterocycles. The highest BCUT2D eigenvalue weighted by Crippen LogP contribution is 2.18. The van der Waals surface area contributed by atoms with Crippen molar-refractivity contribution in [2.24, 2.45) is 0 Å². The maximum absolute atomic E-state index is 9.29. The van der Waals surface area contributed by atoms with Crippen LogP contribution >= 0.6 is 0 Å². The van der Waals surface area contributed by atoms with Crippen LogP contribution in [0.3, 0.4) is 0 Å². The van der Waals surface area contributed by atoms with E-state index in [1.54, 1.807) is 0 Å². The zero-order chi connectivity index (χ0) is 14.2. The molecule has 2 rings (SSSR count). The Balaban J connectivity index is 1.99. The Morgan fingerprint density at radius 3 is 2.40 bits per heavy atom. The van der Waals surface area contributed by atoms with E-state index in [0.29, 0.717) is 13.2 Å². The van der Waals surface area contributed by atoms with E-state index in [-0.39, 0.29) is 6.04 Å². The van der Waals surface area contributed by atoms with E-state index in [1.165, 1.54) is 5.56 Å². The predicted octanol–water partition coefficient (Wildman–Crippen LogP) is 3.44. The number of hydrogen-bond donors (Lipinski definition) is 1. The van der Waals surface area contributed by atoms with Crippen molar-refractivity contribution in [1.82, 2.24) is 5.32 Å². The van der Waals surface area contributed by atoms with E-state index in [0.717, 1.165) is 11.3 Å². The number of nitrogens with one attached hydrogen (secondary N) is 1. The molecule has 102 valence electrons. The summed E-state index contributed by atoms with van der Waals surface area (Å²) in [5.41, 5.74) is 2.12. The molecular formula is C17H18N2O. The lowest BCUT2D eigenvalue weighted by Gasteiger charge is -2.12. The molecule has 3 heteroatoms. The summed E-state index contributed by atoms with van der Waals surface area (Å²) in [6, 6.07) is 19.7. The number of ether oxygens (including phenoxy) is 1. The van der Waals surface area contributed by atoms with Gasteiger partial charge in [0.05, 0.1) is 12.7 Å². The third-order valence-corrected chi connectivity index (χ3v) is 3.01. The molecule has 2 aromatic carbocycles. The van der Waals surface area contributed by atoms with E-state index in [2.05, 4.69) is 11.4 Å². The van der Waals surface area contributed by atoms with Crippen molar-refractivity contribution in [2.45, 2.75) is 19.5 Å². The molecule has 1 unspecified atom stereocenters. The molecule has 0 spiro atoms. The highest BCUT2D eigenvalue weighted by molar-refractivity contribution is 5.31. The average Bonchev–Trinajstić information content (AvgIpc) is 2.51. The van der Waals surface area contributed by atoms with Crippen LogP contribution in [-0.2, 0) is 6.54 Å².